The summed E-state index contributed by atoms with van der Waals surface area (Å²) >= 11 is 6.41. The Morgan fingerprint density at radius 1 is 1.19 bits per heavy atom. The largest absolute Gasteiger partial charge is 0.340 e. The Bertz CT molecular complexity index is 596. The maximum absolute atomic E-state index is 13.1. The topological polar surface area (TPSA) is 29.3 Å². The van der Waals surface area contributed by atoms with Crippen LogP contribution in [0.3, 0.4) is 0 Å². The minimum atomic E-state index is -0.246. The van der Waals surface area contributed by atoms with Crippen molar-refractivity contribution in [3.8, 4) is 0 Å². The highest BCUT2D eigenvalue weighted by atomic mass is 35.5. The van der Waals surface area contributed by atoms with E-state index in [9.17, 15) is 4.39 Å². The number of anilines is 2. The molecule has 1 atom stereocenters. The van der Waals surface area contributed by atoms with Crippen LogP contribution in [0.2, 0.25) is 5.02 Å². The molecule has 1 unspecified atom stereocenters. The van der Waals surface area contributed by atoms with Gasteiger partial charge in [0.2, 0.25) is 0 Å². The Morgan fingerprint density at radius 2 is 1.86 bits per heavy atom. The van der Waals surface area contributed by atoms with E-state index in [0.717, 1.165) is 29.9 Å². The van der Waals surface area contributed by atoms with Gasteiger partial charge >= 0.3 is 0 Å². The quantitative estimate of drug-likeness (QED) is 0.879. The summed E-state index contributed by atoms with van der Waals surface area (Å²) in [6.45, 7) is 4.75. The number of halogens is 2. The molecule has 0 aliphatic rings. The highest BCUT2D eigenvalue weighted by Crippen LogP contribution is 2.35. The van der Waals surface area contributed by atoms with Gasteiger partial charge in [-0.15, -0.1) is 0 Å². The first kappa shape index (κ1) is 15.8. The summed E-state index contributed by atoms with van der Waals surface area (Å²) in [5.74, 6) is -0.246. The van der Waals surface area contributed by atoms with Crippen molar-refractivity contribution in [1.29, 1.82) is 0 Å². The lowest BCUT2D eigenvalue weighted by Crippen LogP contribution is -2.22. The number of rotatable bonds is 5. The van der Waals surface area contributed by atoms with E-state index >= 15 is 0 Å². The van der Waals surface area contributed by atoms with E-state index in [-0.39, 0.29) is 11.9 Å². The van der Waals surface area contributed by atoms with Crippen molar-refractivity contribution in [2.75, 3.05) is 11.4 Å². The van der Waals surface area contributed by atoms with Crippen molar-refractivity contribution in [2.45, 2.75) is 26.3 Å². The molecule has 21 heavy (non-hydrogen) atoms. The molecule has 0 aromatic heterocycles. The van der Waals surface area contributed by atoms with E-state index < -0.39 is 0 Å². The number of hydrogen-bond acceptors (Lipinski definition) is 2. The molecular weight excluding hydrogens is 287 g/mol. The lowest BCUT2D eigenvalue weighted by atomic mass is 10.0. The zero-order chi connectivity index (χ0) is 15.4. The van der Waals surface area contributed by atoms with Gasteiger partial charge in [-0.25, -0.2) is 4.39 Å². The van der Waals surface area contributed by atoms with Crippen LogP contribution in [0, 0.1) is 5.82 Å². The predicted molar refractivity (Wildman–Crippen MR) is 87.9 cm³/mol. The molecule has 4 heteroatoms. The minimum absolute atomic E-state index is 0.0501. The van der Waals surface area contributed by atoms with Crippen molar-refractivity contribution in [2.24, 2.45) is 5.73 Å². The molecule has 0 heterocycles. The first-order chi connectivity index (χ1) is 10.0. The molecule has 0 saturated heterocycles. The SMILES string of the molecule is CCN(c1ccc(F)cc1)c1c(Cl)cccc1CC(C)N. The van der Waals surface area contributed by atoms with Gasteiger partial charge in [0, 0.05) is 18.3 Å². The maximum Gasteiger partial charge on any atom is 0.123 e. The fourth-order valence-electron chi connectivity index (χ4n) is 2.46. The van der Waals surface area contributed by atoms with Crippen LogP contribution < -0.4 is 10.6 Å². The monoisotopic (exact) mass is 306 g/mol. The normalized spacial score (nSPS) is 12.2. The second kappa shape index (κ2) is 6.92. The van der Waals surface area contributed by atoms with Gasteiger partial charge in [-0.3, -0.25) is 0 Å². The molecule has 2 aromatic carbocycles. The Labute approximate surface area is 130 Å². The highest BCUT2D eigenvalue weighted by Gasteiger charge is 2.16. The number of para-hydroxylation sites is 1. The standard InChI is InChI=1S/C17H20ClFN2/c1-3-21(15-9-7-14(19)8-10-15)17-13(11-12(2)20)5-4-6-16(17)18/h4-10,12H,3,11,20H2,1-2H3. The highest BCUT2D eigenvalue weighted by molar-refractivity contribution is 6.33. The van der Waals surface area contributed by atoms with Crippen LogP contribution in [0.15, 0.2) is 42.5 Å². The summed E-state index contributed by atoms with van der Waals surface area (Å²) in [5, 5.41) is 0.680. The third-order valence-electron chi connectivity index (χ3n) is 3.34. The average molecular weight is 307 g/mol. The molecule has 0 amide bonds. The molecule has 2 rings (SSSR count). The van der Waals surface area contributed by atoms with Crippen LogP contribution in [0.25, 0.3) is 0 Å². The Kier molecular flexibility index (Phi) is 5.21. The van der Waals surface area contributed by atoms with Crippen molar-refractivity contribution < 1.29 is 4.39 Å². The van der Waals surface area contributed by atoms with Crippen LogP contribution >= 0.6 is 11.6 Å². The van der Waals surface area contributed by atoms with E-state index in [0.29, 0.717) is 5.02 Å². The number of benzene rings is 2. The number of nitrogens with two attached hydrogens (primary N) is 1. The fraction of sp³-hybridized carbons (Fsp3) is 0.294. The molecule has 2 nitrogen and oxygen atoms in total. The van der Waals surface area contributed by atoms with Crippen molar-refractivity contribution in [1.82, 2.24) is 0 Å². The van der Waals surface area contributed by atoms with Crippen LogP contribution in [0.4, 0.5) is 15.8 Å². The summed E-state index contributed by atoms with van der Waals surface area (Å²) in [4.78, 5) is 2.08. The Morgan fingerprint density at radius 3 is 2.43 bits per heavy atom. The zero-order valence-corrected chi connectivity index (χ0v) is 13.1. The van der Waals surface area contributed by atoms with Gasteiger partial charge in [0.15, 0.2) is 0 Å². The summed E-state index contributed by atoms with van der Waals surface area (Å²) in [7, 11) is 0. The Hall–Kier alpha value is -1.58. The summed E-state index contributed by atoms with van der Waals surface area (Å²) in [5.41, 5.74) is 8.90. The predicted octanol–water partition coefficient (Wildman–Crippen LogP) is 4.53. The van der Waals surface area contributed by atoms with Crippen LogP contribution in [-0.2, 0) is 6.42 Å². The van der Waals surface area contributed by atoms with E-state index in [2.05, 4.69) is 4.90 Å². The molecule has 0 aliphatic heterocycles. The minimum Gasteiger partial charge on any atom is -0.340 e. The van der Waals surface area contributed by atoms with E-state index in [4.69, 9.17) is 17.3 Å². The molecule has 2 N–H and O–H groups in total. The van der Waals surface area contributed by atoms with Crippen LogP contribution in [-0.4, -0.2) is 12.6 Å². The van der Waals surface area contributed by atoms with Gasteiger partial charge in [0.05, 0.1) is 10.7 Å². The second-order valence-electron chi connectivity index (χ2n) is 5.15. The van der Waals surface area contributed by atoms with Gasteiger partial charge in [0.1, 0.15) is 5.82 Å². The molecule has 0 fully saturated rings. The molecule has 2 aromatic rings. The van der Waals surface area contributed by atoms with Crippen molar-refractivity contribution in [3.05, 3.63) is 58.9 Å². The molecule has 0 aliphatic carbocycles. The van der Waals surface area contributed by atoms with Crippen LogP contribution in [0.5, 0.6) is 0 Å². The van der Waals surface area contributed by atoms with Crippen molar-refractivity contribution >= 4 is 23.0 Å². The first-order valence-electron chi connectivity index (χ1n) is 7.09. The molecule has 0 bridgehead atoms. The molecule has 0 spiro atoms. The number of nitrogens with zero attached hydrogens (tertiary/aromatic N) is 1. The van der Waals surface area contributed by atoms with Crippen molar-refractivity contribution in [3.63, 3.8) is 0 Å². The average Bonchev–Trinajstić information content (AvgIpc) is 2.43. The summed E-state index contributed by atoms with van der Waals surface area (Å²) in [6.07, 6.45) is 0.744. The Balaban J connectivity index is 2.48. The second-order valence-corrected chi connectivity index (χ2v) is 5.56. The van der Waals surface area contributed by atoms with Gasteiger partial charge in [0.25, 0.3) is 0 Å². The first-order valence-corrected chi connectivity index (χ1v) is 7.46. The number of hydrogen-bond donors (Lipinski definition) is 1. The molecule has 0 radical (unpaired) electrons. The smallest absolute Gasteiger partial charge is 0.123 e. The van der Waals surface area contributed by atoms with Gasteiger partial charge < -0.3 is 10.6 Å². The fourth-order valence-corrected chi connectivity index (χ4v) is 2.76. The maximum atomic E-state index is 13.1. The van der Waals surface area contributed by atoms with Gasteiger partial charge in [-0.1, -0.05) is 23.7 Å². The molecule has 0 saturated carbocycles. The third kappa shape index (κ3) is 3.74. The zero-order valence-electron chi connectivity index (χ0n) is 12.3. The lowest BCUT2D eigenvalue weighted by Gasteiger charge is -2.27. The van der Waals surface area contributed by atoms with E-state index in [1.165, 1.54) is 12.1 Å². The molecule has 112 valence electrons. The summed E-state index contributed by atoms with van der Waals surface area (Å²) < 4.78 is 13.1. The molecular formula is C17H20ClFN2. The lowest BCUT2D eigenvalue weighted by molar-refractivity contribution is 0.628. The summed E-state index contributed by atoms with van der Waals surface area (Å²) in [6, 6.07) is 12.3. The van der Waals surface area contributed by atoms with E-state index in [1.54, 1.807) is 12.1 Å². The van der Waals surface area contributed by atoms with Crippen LogP contribution in [0.1, 0.15) is 19.4 Å². The third-order valence-corrected chi connectivity index (χ3v) is 3.64. The van der Waals surface area contributed by atoms with E-state index in [1.807, 2.05) is 32.0 Å². The van der Waals surface area contributed by atoms with Gasteiger partial charge in [-0.05, 0) is 56.2 Å². The van der Waals surface area contributed by atoms with Gasteiger partial charge in [-0.2, -0.15) is 0 Å².